The predicted molar refractivity (Wildman–Crippen MR) is 129 cm³/mol. The van der Waals surface area contributed by atoms with E-state index in [4.69, 9.17) is 4.74 Å². The van der Waals surface area contributed by atoms with Gasteiger partial charge in [-0.1, -0.05) is 0 Å². The molecule has 7 atom stereocenters. The molecule has 3 aliphatic rings. The molecule has 3 heterocycles. The Hall–Kier alpha value is -0.580. The quantitative estimate of drug-likeness (QED) is 0.379. The van der Waals surface area contributed by atoms with E-state index in [1.807, 2.05) is 13.8 Å². The molecule has 0 aromatic heterocycles. The lowest BCUT2D eigenvalue weighted by molar-refractivity contribution is -0.223. The Balaban J connectivity index is 1.75. The summed E-state index contributed by atoms with van der Waals surface area (Å²) in [6, 6.07) is -4.05. The van der Waals surface area contributed by atoms with Gasteiger partial charge in [-0.2, -0.15) is 26.3 Å². The third-order valence-electron chi connectivity index (χ3n) is 8.67. The van der Waals surface area contributed by atoms with Crippen LogP contribution in [0.3, 0.4) is 0 Å². The maximum atomic E-state index is 14.5. The molecule has 10 heteroatoms. The fraction of sp³-hybridized carbons (Fsp3) is 1.00. The van der Waals surface area contributed by atoms with Crippen LogP contribution < -0.4 is 0 Å². The molecule has 3 aliphatic heterocycles. The number of halogens is 6. The van der Waals surface area contributed by atoms with E-state index in [0.29, 0.717) is 58.3 Å². The Morgan fingerprint density at radius 1 is 0.750 bits per heavy atom. The first-order valence-corrected chi connectivity index (χ1v) is 13.7. The second-order valence-corrected chi connectivity index (χ2v) is 11.7. The molecule has 4 nitrogen and oxygen atoms in total. The molecule has 36 heavy (non-hydrogen) atoms. The van der Waals surface area contributed by atoms with Crippen LogP contribution >= 0.6 is 0 Å². The van der Waals surface area contributed by atoms with E-state index in [0.717, 1.165) is 0 Å². The fourth-order valence-electron chi connectivity index (χ4n) is 7.09. The molecule has 3 saturated heterocycles. The Morgan fingerprint density at radius 3 is 1.75 bits per heavy atom. The summed E-state index contributed by atoms with van der Waals surface area (Å²) in [7, 11) is 0. The van der Waals surface area contributed by atoms with E-state index in [-0.39, 0.29) is 31.2 Å². The summed E-state index contributed by atoms with van der Waals surface area (Å²) >= 11 is 0. The number of piperidine rings is 2. The molecule has 0 amide bonds. The summed E-state index contributed by atoms with van der Waals surface area (Å²) in [5.74, 6) is -1.26. The van der Waals surface area contributed by atoms with Gasteiger partial charge in [-0.25, -0.2) is 0 Å². The zero-order valence-corrected chi connectivity index (χ0v) is 22.4. The number of nitrogens with zero attached hydrogens (tertiary/aromatic N) is 3. The highest BCUT2D eigenvalue weighted by atomic mass is 19.4. The third-order valence-corrected chi connectivity index (χ3v) is 8.67. The Bertz CT molecular complexity index is 688. The van der Waals surface area contributed by atoms with Crippen molar-refractivity contribution < 1.29 is 31.1 Å². The van der Waals surface area contributed by atoms with Gasteiger partial charge in [-0.3, -0.25) is 14.7 Å². The van der Waals surface area contributed by atoms with Gasteiger partial charge >= 0.3 is 12.4 Å². The standard InChI is InChI=1S/C26H45F6N3O/c1-17(2)34-10-6-8-22(23(34)25(27,28)29)15-19(4)35-11-7-9-21(24(35)26(30,31)32)14-18(3)33-12-13-36-20(5)16-33/h17-24H,6-16H2,1-5H3/t18?,19?,20-,21?,22?,23+,24-/m1/s1. The van der Waals surface area contributed by atoms with E-state index in [9.17, 15) is 26.3 Å². The van der Waals surface area contributed by atoms with Crippen molar-refractivity contribution in [3.05, 3.63) is 0 Å². The predicted octanol–water partition coefficient (Wildman–Crippen LogP) is 5.96. The van der Waals surface area contributed by atoms with Gasteiger partial charge in [-0.05, 0) is 98.1 Å². The normalized spacial score (nSPS) is 34.2. The van der Waals surface area contributed by atoms with Crippen LogP contribution in [0.5, 0.6) is 0 Å². The minimum atomic E-state index is -4.42. The zero-order valence-electron chi connectivity index (χ0n) is 22.4. The lowest BCUT2D eigenvalue weighted by Crippen LogP contribution is -2.60. The number of alkyl halides is 6. The zero-order chi connectivity index (χ0) is 26.8. The van der Waals surface area contributed by atoms with Crippen LogP contribution in [-0.2, 0) is 4.74 Å². The summed E-state index contributed by atoms with van der Waals surface area (Å²) in [5.41, 5.74) is 0. The molecule has 0 N–H and O–H groups in total. The van der Waals surface area contributed by atoms with Crippen LogP contribution in [0.2, 0.25) is 0 Å². The van der Waals surface area contributed by atoms with Gasteiger partial charge in [-0.15, -0.1) is 0 Å². The first-order valence-electron chi connectivity index (χ1n) is 13.7. The summed E-state index contributed by atoms with van der Waals surface area (Å²) < 4.78 is 91.5. The highest BCUT2D eigenvalue weighted by Crippen LogP contribution is 2.43. The first-order chi connectivity index (χ1) is 16.7. The highest BCUT2D eigenvalue weighted by molar-refractivity contribution is 4.97. The van der Waals surface area contributed by atoms with Gasteiger partial charge in [0.15, 0.2) is 0 Å². The first kappa shape index (κ1) is 30.0. The van der Waals surface area contributed by atoms with Gasteiger partial charge in [0.1, 0.15) is 12.1 Å². The molecule has 0 bridgehead atoms. The summed E-state index contributed by atoms with van der Waals surface area (Å²) in [4.78, 5) is 5.19. The molecular formula is C26H45F6N3O. The lowest BCUT2D eigenvalue weighted by Gasteiger charge is -2.49. The monoisotopic (exact) mass is 529 g/mol. The maximum Gasteiger partial charge on any atom is 0.404 e. The number of likely N-dealkylation sites (tertiary alicyclic amines) is 2. The molecule has 0 saturated carbocycles. The number of rotatable bonds is 7. The van der Waals surface area contributed by atoms with Crippen LogP contribution in [0.1, 0.15) is 73.1 Å². The molecule has 0 aromatic rings. The van der Waals surface area contributed by atoms with Crippen molar-refractivity contribution in [2.24, 2.45) is 11.8 Å². The number of morpholine rings is 1. The maximum absolute atomic E-state index is 14.5. The van der Waals surface area contributed by atoms with Crippen molar-refractivity contribution in [2.45, 2.75) is 122 Å². The molecule has 3 fully saturated rings. The van der Waals surface area contributed by atoms with Crippen LogP contribution in [-0.4, -0.2) is 96.2 Å². The van der Waals surface area contributed by atoms with Crippen LogP contribution in [0, 0.1) is 11.8 Å². The van der Waals surface area contributed by atoms with E-state index >= 15 is 0 Å². The van der Waals surface area contributed by atoms with Gasteiger partial charge in [0.2, 0.25) is 0 Å². The largest absolute Gasteiger partial charge is 0.404 e. The fourth-order valence-corrected chi connectivity index (χ4v) is 7.09. The molecule has 3 rings (SSSR count). The summed E-state index contributed by atoms with van der Waals surface area (Å²) in [6.45, 7) is 11.8. The number of hydrogen-bond donors (Lipinski definition) is 0. The van der Waals surface area contributed by atoms with Crippen molar-refractivity contribution >= 4 is 0 Å². The third kappa shape index (κ3) is 7.29. The van der Waals surface area contributed by atoms with Gasteiger partial charge in [0, 0.05) is 31.2 Å². The number of ether oxygens (including phenoxy) is 1. The molecule has 0 spiro atoms. The van der Waals surface area contributed by atoms with E-state index in [1.165, 1.54) is 9.80 Å². The van der Waals surface area contributed by atoms with Gasteiger partial charge < -0.3 is 4.74 Å². The smallest absolute Gasteiger partial charge is 0.376 e. The Kier molecular flexibility index (Phi) is 10.1. The Morgan fingerprint density at radius 2 is 1.25 bits per heavy atom. The second-order valence-electron chi connectivity index (χ2n) is 11.7. The summed E-state index contributed by atoms with van der Waals surface area (Å²) in [5, 5.41) is 0. The van der Waals surface area contributed by atoms with E-state index < -0.39 is 42.3 Å². The topological polar surface area (TPSA) is 19.0 Å². The second kappa shape index (κ2) is 12.1. The van der Waals surface area contributed by atoms with Crippen LogP contribution in [0.4, 0.5) is 26.3 Å². The van der Waals surface area contributed by atoms with Crippen molar-refractivity contribution in [3.63, 3.8) is 0 Å². The average molecular weight is 530 g/mol. The SMILES string of the molecule is CC(CC1CCCN(C(C)CC2CCCN(C(C)C)[C@@H]2C(F)(F)F)[C@H]1C(F)(F)F)N1CCO[C@H](C)C1. The Labute approximate surface area is 212 Å². The van der Waals surface area contributed by atoms with Gasteiger partial charge in [0.25, 0.3) is 0 Å². The minimum Gasteiger partial charge on any atom is -0.376 e. The van der Waals surface area contributed by atoms with Crippen molar-refractivity contribution in [1.82, 2.24) is 14.7 Å². The molecule has 0 radical (unpaired) electrons. The lowest BCUT2D eigenvalue weighted by atomic mass is 9.80. The average Bonchev–Trinajstić information content (AvgIpc) is 2.77. The van der Waals surface area contributed by atoms with E-state index in [1.54, 1.807) is 20.8 Å². The van der Waals surface area contributed by atoms with Crippen molar-refractivity contribution in [2.75, 3.05) is 32.8 Å². The molecule has 0 aromatic carbocycles. The molecular weight excluding hydrogens is 484 g/mol. The van der Waals surface area contributed by atoms with Crippen molar-refractivity contribution in [3.8, 4) is 0 Å². The highest BCUT2D eigenvalue weighted by Gasteiger charge is 2.54. The van der Waals surface area contributed by atoms with E-state index in [2.05, 4.69) is 4.90 Å². The molecule has 4 unspecified atom stereocenters. The van der Waals surface area contributed by atoms with Crippen molar-refractivity contribution in [1.29, 1.82) is 0 Å². The van der Waals surface area contributed by atoms with Crippen LogP contribution in [0.25, 0.3) is 0 Å². The number of hydrogen-bond acceptors (Lipinski definition) is 4. The van der Waals surface area contributed by atoms with Crippen LogP contribution in [0.15, 0.2) is 0 Å². The molecule has 212 valence electrons. The van der Waals surface area contributed by atoms with Gasteiger partial charge in [0.05, 0.1) is 12.7 Å². The summed E-state index contributed by atoms with van der Waals surface area (Å²) in [6.07, 6.45) is -6.03. The molecule has 0 aliphatic carbocycles. The minimum absolute atomic E-state index is 0.00555.